The number of carbonyl (C=O) groups excluding carboxylic acids is 1. The van der Waals surface area contributed by atoms with E-state index < -0.39 is 0 Å². The molecule has 4 heteroatoms. The van der Waals surface area contributed by atoms with Crippen LogP contribution in [-0.2, 0) is 0 Å². The van der Waals surface area contributed by atoms with Crippen LogP contribution in [0, 0.1) is 5.41 Å². The molecule has 1 aromatic carbocycles. The van der Waals surface area contributed by atoms with E-state index in [0.717, 1.165) is 18.7 Å². The first kappa shape index (κ1) is 14.8. The molecule has 0 atom stereocenters. The first-order valence-electron chi connectivity index (χ1n) is 6.09. The predicted octanol–water partition coefficient (Wildman–Crippen LogP) is 3.55. The summed E-state index contributed by atoms with van der Waals surface area (Å²) in [5, 5.41) is 6.51. The predicted molar refractivity (Wildman–Crippen MR) is 77.4 cm³/mol. The number of halogens is 1. The second-order valence-corrected chi connectivity index (χ2v) is 5.92. The fraction of sp³-hybridized carbons (Fsp3) is 0.500. The van der Waals surface area contributed by atoms with Gasteiger partial charge in [0, 0.05) is 19.2 Å². The molecule has 0 aliphatic carbocycles. The maximum Gasteiger partial charge on any atom is 0.251 e. The summed E-state index contributed by atoms with van der Waals surface area (Å²) in [6.07, 6.45) is 1.04. The number of hydrogen-bond donors (Lipinski definition) is 2. The van der Waals surface area contributed by atoms with Crippen molar-refractivity contribution < 1.29 is 4.79 Å². The minimum Gasteiger partial charge on any atom is -0.384 e. The van der Waals surface area contributed by atoms with Crippen molar-refractivity contribution in [3.63, 3.8) is 0 Å². The van der Waals surface area contributed by atoms with Gasteiger partial charge in [-0.25, -0.2) is 0 Å². The third-order valence-electron chi connectivity index (χ3n) is 2.65. The van der Waals surface area contributed by atoms with Crippen molar-refractivity contribution in [2.24, 2.45) is 5.41 Å². The van der Waals surface area contributed by atoms with E-state index >= 15 is 0 Å². The SMILES string of the molecule is CNC(=O)c1ccc(Cl)c(NCCC(C)(C)C)c1. The number of amides is 1. The molecule has 0 spiro atoms. The van der Waals surface area contributed by atoms with Gasteiger partial charge in [-0.05, 0) is 30.0 Å². The number of anilines is 1. The van der Waals surface area contributed by atoms with Gasteiger partial charge in [-0.3, -0.25) is 4.79 Å². The molecule has 3 nitrogen and oxygen atoms in total. The smallest absolute Gasteiger partial charge is 0.251 e. The summed E-state index contributed by atoms with van der Waals surface area (Å²) in [6, 6.07) is 5.24. The quantitative estimate of drug-likeness (QED) is 0.877. The minimum atomic E-state index is -0.106. The van der Waals surface area contributed by atoms with Gasteiger partial charge >= 0.3 is 0 Å². The lowest BCUT2D eigenvalue weighted by Crippen LogP contribution is -2.18. The highest BCUT2D eigenvalue weighted by molar-refractivity contribution is 6.33. The number of nitrogens with one attached hydrogen (secondary N) is 2. The van der Waals surface area contributed by atoms with Gasteiger partial charge in [0.15, 0.2) is 0 Å². The van der Waals surface area contributed by atoms with Crippen molar-refractivity contribution in [3.8, 4) is 0 Å². The molecule has 0 bridgehead atoms. The van der Waals surface area contributed by atoms with Gasteiger partial charge in [0.25, 0.3) is 5.91 Å². The van der Waals surface area contributed by atoms with Crippen LogP contribution in [0.15, 0.2) is 18.2 Å². The van der Waals surface area contributed by atoms with Crippen LogP contribution in [0.5, 0.6) is 0 Å². The lowest BCUT2D eigenvalue weighted by atomic mass is 9.92. The van der Waals surface area contributed by atoms with E-state index in [4.69, 9.17) is 11.6 Å². The Hall–Kier alpha value is -1.22. The normalized spacial score (nSPS) is 11.2. The summed E-state index contributed by atoms with van der Waals surface area (Å²) in [4.78, 5) is 11.5. The van der Waals surface area contributed by atoms with Gasteiger partial charge in [0.2, 0.25) is 0 Å². The molecule has 0 fully saturated rings. The molecule has 100 valence electrons. The van der Waals surface area contributed by atoms with Crippen LogP contribution in [0.2, 0.25) is 5.02 Å². The molecule has 0 saturated carbocycles. The fourth-order valence-corrected chi connectivity index (χ4v) is 1.70. The number of rotatable bonds is 4. The second kappa shape index (κ2) is 6.10. The third-order valence-corrected chi connectivity index (χ3v) is 2.98. The Balaban J connectivity index is 2.73. The Kier molecular flexibility index (Phi) is 5.03. The van der Waals surface area contributed by atoms with Crippen molar-refractivity contribution >= 4 is 23.2 Å². The van der Waals surface area contributed by atoms with Gasteiger partial charge < -0.3 is 10.6 Å². The first-order chi connectivity index (χ1) is 8.33. The standard InChI is InChI=1S/C14H21ClN2O/c1-14(2,3)7-8-17-12-9-10(13(18)16-4)5-6-11(12)15/h5-6,9,17H,7-8H2,1-4H3,(H,16,18). The van der Waals surface area contributed by atoms with E-state index in [-0.39, 0.29) is 11.3 Å². The summed E-state index contributed by atoms with van der Waals surface area (Å²) in [6.45, 7) is 7.41. The molecule has 0 heterocycles. The van der Waals surface area contributed by atoms with Crippen molar-refractivity contribution in [1.82, 2.24) is 5.32 Å². The molecule has 1 aromatic rings. The Morgan fingerprint density at radius 1 is 1.33 bits per heavy atom. The molecule has 18 heavy (non-hydrogen) atoms. The van der Waals surface area contributed by atoms with Crippen LogP contribution in [0.4, 0.5) is 5.69 Å². The Labute approximate surface area is 114 Å². The Morgan fingerprint density at radius 3 is 2.56 bits per heavy atom. The molecule has 2 N–H and O–H groups in total. The van der Waals surface area contributed by atoms with Gasteiger partial charge in [-0.1, -0.05) is 32.4 Å². The lowest BCUT2D eigenvalue weighted by Gasteiger charge is -2.19. The molecule has 0 aromatic heterocycles. The molecule has 0 unspecified atom stereocenters. The molecular weight excluding hydrogens is 248 g/mol. The van der Waals surface area contributed by atoms with Crippen LogP contribution in [0.3, 0.4) is 0 Å². The second-order valence-electron chi connectivity index (χ2n) is 5.51. The minimum absolute atomic E-state index is 0.106. The van der Waals surface area contributed by atoms with Crippen LogP contribution >= 0.6 is 11.6 Å². The van der Waals surface area contributed by atoms with Gasteiger partial charge in [0.1, 0.15) is 0 Å². The zero-order chi connectivity index (χ0) is 13.8. The Morgan fingerprint density at radius 2 is 2.00 bits per heavy atom. The molecule has 0 aliphatic rings. The van der Waals surface area contributed by atoms with Crippen LogP contribution in [0.25, 0.3) is 0 Å². The zero-order valence-corrected chi connectivity index (χ0v) is 12.2. The highest BCUT2D eigenvalue weighted by Crippen LogP contribution is 2.24. The van der Waals surface area contributed by atoms with Crippen molar-refractivity contribution in [3.05, 3.63) is 28.8 Å². The van der Waals surface area contributed by atoms with E-state index in [2.05, 4.69) is 31.4 Å². The van der Waals surface area contributed by atoms with Crippen molar-refractivity contribution in [2.45, 2.75) is 27.2 Å². The van der Waals surface area contributed by atoms with Gasteiger partial charge in [-0.15, -0.1) is 0 Å². The first-order valence-corrected chi connectivity index (χ1v) is 6.47. The lowest BCUT2D eigenvalue weighted by molar-refractivity contribution is 0.0963. The summed E-state index contributed by atoms with van der Waals surface area (Å²) in [5.74, 6) is -0.106. The molecular formula is C14H21ClN2O. The molecule has 1 rings (SSSR count). The van der Waals surface area contributed by atoms with Crippen molar-refractivity contribution in [1.29, 1.82) is 0 Å². The number of benzene rings is 1. The average Bonchev–Trinajstić information content (AvgIpc) is 2.29. The van der Waals surface area contributed by atoms with Gasteiger partial charge in [0.05, 0.1) is 10.7 Å². The zero-order valence-electron chi connectivity index (χ0n) is 11.4. The average molecular weight is 269 g/mol. The topological polar surface area (TPSA) is 41.1 Å². The number of carbonyl (C=O) groups is 1. The maximum atomic E-state index is 11.5. The molecule has 0 aliphatic heterocycles. The Bertz CT molecular complexity index is 424. The summed E-state index contributed by atoms with van der Waals surface area (Å²) < 4.78 is 0. The monoisotopic (exact) mass is 268 g/mol. The van der Waals surface area contributed by atoms with Crippen LogP contribution in [0.1, 0.15) is 37.6 Å². The van der Waals surface area contributed by atoms with E-state index in [1.807, 2.05) is 0 Å². The summed E-state index contributed by atoms with van der Waals surface area (Å²) >= 11 is 6.10. The highest BCUT2D eigenvalue weighted by atomic mass is 35.5. The number of hydrogen-bond acceptors (Lipinski definition) is 2. The summed E-state index contributed by atoms with van der Waals surface area (Å²) in [5.41, 5.74) is 1.69. The van der Waals surface area contributed by atoms with E-state index in [0.29, 0.717) is 10.6 Å². The summed E-state index contributed by atoms with van der Waals surface area (Å²) in [7, 11) is 1.61. The van der Waals surface area contributed by atoms with E-state index in [9.17, 15) is 4.79 Å². The van der Waals surface area contributed by atoms with Gasteiger partial charge in [-0.2, -0.15) is 0 Å². The molecule has 1 amide bonds. The van der Waals surface area contributed by atoms with E-state index in [1.165, 1.54) is 0 Å². The van der Waals surface area contributed by atoms with Crippen LogP contribution < -0.4 is 10.6 Å². The van der Waals surface area contributed by atoms with E-state index in [1.54, 1.807) is 25.2 Å². The fourth-order valence-electron chi connectivity index (χ4n) is 1.52. The molecule has 0 radical (unpaired) electrons. The van der Waals surface area contributed by atoms with Crippen LogP contribution in [-0.4, -0.2) is 19.5 Å². The van der Waals surface area contributed by atoms with Crippen molar-refractivity contribution in [2.75, 3.05) is 18.9 Å². The third kappa shape index (κ3) is 4.57. The molecule has 0 saturated heterocycles. The maximum absolute atomic E-state index is 11.5. The largest absolute Gasteiger partial charge is 0.384 e. The highest BCUT2D eigenvalue weighted by Gasteiger charge is 2.11.